The third kappa shape index (κ3) is 3.70. The number of hydrogen-bond donors (Lipinski definition) is 1. The van der Waals surface area contributed by atoms with Crippen LogP contribution in [-0.4, -0.2) is 7.05 Å². The molecule has 1 unspecified atom stereocenters. The minimum atomic E-state index is -4.39. The summed E-state index contributed by atoms with van der Waals surface area (Å²) in [6.45, 7) is 1.90. The van der Waals surface area contributed by atoms with Gasteiger partial charge in [0.1, 0.15) is 0 Å². The van der Waals surface area contributed by atoms with Gasteiger partial charge >= 0.3 is 6.18 Å². The number of rotatable bonds is 3. The summed E-state index contributed by atoms with van der Waals surface area (Å²) >= 11 is 8.00. The molecule has 1 aromatic carbocycles. The highest BCUT2D eigenvalue weighted by Gasteiger charge is 2.36. The molecule has 0 fully saturated rings. The molecular weight excluding hydrogens is 431 g/mol. The highest BCUT2D eigenvalue weighted by molar-refractivity contribution is 9.11. The second-order valence-electron chi connectivity index (χ2n) is 4.51. The molecule has 0 aliphatic carbocycles. The van der Waals surface area contributed by atoms with Gasteiger partial charge in [0, 0.05) is 9.35 Å². The molecule has 1 N–H and O–H groups in total. The van der Waals surface area contributed by atoms with Crippen molar-refractivity contribution in [2.24, 2.45) is 0 Å². The summed E-state index contributed by atoms with van der Waals surface area (Å²) < 4.78 is 41.2. The predicted molar refractivity (Wildman–Crippen MR) is 86.8 cm³/mol. The van der Waals surface area contributed by atoms with E-state index in [0.717, 1.165) is 20.3 Å². The van der Waals surface area contributed by atoms with E-state index in [1.807, 2.05) is 13.0 Å². The quantitative estimate of drug-likeness (QED) is 0.623. The van der Waals surface area contributed by atoms with Crippen molar-refractivity contribution in [1.82, 2.24) is 5.32 Å². The maximum Gasteiger partial charge on any atom is 0.416 e. The molecule has 1 nitrogen and oxygen atoms in total. The molecule has 2 aromatic rings. The summed E-state index contributed by atoms with van der Waals surface area (Å²) in [6.07, 6.45) is -4.39. The SMILES string of the molecule is CNC(c1ccc(Br)cc1C(F)(F)F)c1cc(Br)sc1C. The number of aryl methyl sites for hydroxylation is 1. The summed E-state index contributed by atoms with van der Waals surface area (Å²) in [5, 5.41) is 2.99. The van der Waals surface area contributed by atoms with Gasteiger partial charge < -0.3 is 5.32 Å². The Morgan fingerprint density at radius 2 is 1.81 bits per heavy atom. The molecule has 7 heteroatoms. The van der Waals surface area contributed by atoms with E-state index in [1.165, 1.54) is 17.4 Å². The highest BCUT2D eigenvalue weighted by Crippen LogP contribution is 2.40. The molecule has 0 aliphatic heterocycles. The van der Waals surface area contributed by atoms with Gasteiger partial charge in [-0.05, 0) is 59.2 Å². The lowest BCUT2D eigenvalue weighted by Gasteiger charge is -2.22. The first-order valence-corrected chi connectivity index (χ1v) is 8.44. The smallest absolute Gasteiger partial charge is 0.309 e. The molecule has 0 saturated carbocycles. The van der Waals surface area contributed by atoms with Gasteiger partial charge in [-0.1, -0.05) is 22.0 Å². The van der Waals surface area contributed by atoms with Gasteiger partial charge in [-0.25, -0.2) is 0 Å². The van der Waals surface area contributed by atoms with Crippen LogP contribution in [0.5, 0.6) is 0 Å². The lowest BCUT2D eigenvalue weighted by molar-refractivity contribution is -0.138. The van der Waals surface area contributed by atoms with Gasteiger partial charge in [-0.2, -0.15) is 13.2 Å². The van der Waals surface area contributed by atoms with Crippen molar-refractivity contribution in [2.45, 2.75) is 19.1 Å². The van der Waals surface area contributed by atoms with Crippen LogP contribution in [0.3, 0.4) is 0 Å². The molecule has 0 saturated heterocycles. The lowest BCUT2D eigenvalue weighted by atomic mass is 9.94. The predicted octanol–water partition coefficient (Wildman–Crippen LogP) is 5.91. The molecule has 0 radical (unpaired) electrons. The van der Waals surface area contributed by atoms with E-state index in [9.17, 15) is 13.2 Å². The van der Waals surface area contributed by atoms with E-state index in [1.54, 1.807) is 13.1 Å². The average molecular weight is 443 g/mol. The monoisotopic (exact) mass is 441 g/mol. The Labute approximate surface area is 141 Å². The number of halogens is 5. The van der Waals surface area contributed by atoms with Crippen LogP contribution in [-0.2, 0) is 6.18 Å². The van der Waals surface area contributed by atoms with Gasteiger partial charge in [0.25, 0.3) is 0 Å². The van der Waals surface area contributed by atoms with E-state index in [2.05, 4.69) is 37.2 Å². The third-order valence-electron chi connectivity index (χ3n) is 3.16. The van der Waals surface area contributed by atoms with Crippen molar-refractivity contribution >= 4 is 43.2 Å². The maximum atomic E-state index is 13.3. The number of thiophene rings is 1. The first-order valence-electron chi connectivity index (χ1n) is 6.03. The number of benzene rings is 1. The average Bonchev–Trinajstić information content (AvgIpc) is 2.70. The Hall–Kier alpha value is -0.370. The van der Waals surface area contributed by atoms with E-state index < -0.39 is 17.8 Å². The van der Waals surface area contributed by atoms with Gasteiger partial charge in [-0.3, -0.25) is 0 Å². The van der Waals surface area contributed by atoms with Crippen molar-refractivity contribution in [1.29, 1.82) is 0 Å². The number of alkyl halides is 3. The highest BCUT2D eigenvalue weighted by atomic mass is 79.9. The first-order chi connectivity index (χ1) is 9.74. The zero-order valence-corrected chi connectivity index (χ0v) is 15.2. The second-order valence-corrected chi connectivity index (χ2v) is 8.06. The van der Waals surface area contributed by atoms with Crippen LogP contribution in [0.15, 0.2) is 32.5 Å². The molecule has 1 heterocycles. The molecular formula is C14H12Br2F3NS. The molecule has 2 rings (SSSR count). The lowest BCUT2D eigenvalue weighted by Crippen LogP contribution is -2.22. The Morgan fingerprint density at radius 3 is 2.29 bits per heavy atom. The topological polar surface area (TPSA) is 12.0 Å². The zero-order valence-electron chi connectivity index (χ0n) is 11.2. The van der Waals surface area contributed by atoms with Crippen molar-refractivity contribution in [2.75, 3.05) is 7.05 Å². The van der Waals surface area contributed by atoms with Crippen molar-refractivity contribution in [3.05, 3.63) is 54.1 Å². The summed E-state index contributed by atoms with van der Waals surface area (Å²) in [7, 11) is 1.66. The molecule has 1 atom stereocenters. The molecule has 1 aromatic heterocycles. The zero-order chi connectivity index (χ0) is 15.8. The van der Waals surface area contributed by atoms with E-state index in [0.29, 0.717) is 4.47 Å². The Kier molecular flexibility index (Phi) is 5.18. The molecule has 0 bridgehead atoms. The second kappa shape index (κ2) is 6.40. The fourth-order valence-electron chi connectivity index (χ4n) is 2.25. The maximum absolute atomic E-state index is 13.3. The number of nitrogens with one attached hydrogen (secondary N) is 1. The van der Waals surface area contributed by atoms with E-state index >= 15 is 0 Å². The summed E-state index contributed by atoms with van der Waals surface area (Å²) in [5.41, 5.74) is 0.446. The van der Waals surface area contributed by atoms with E-state index in [4.69, 9.17) is 0 Å². The summed E-state index contributed by atoms with van der Waals surface area (Å²) in [4.78, 5) is 0.984. The van der Waals surface area contributed by atoms with Crippen LogP contribution in [0.1, 0.15) is 27.6 Å². The minimum Gasteiger partial charge on any atom is -0.309 e. The van der Waals surface area contributed by atoms with Crippen LogP contribution in [0.25, 0.3) is 0 Å². The molecule has 0 spiro atoms. The van der Waals surface area contributed by atoms with Crippen molar-refractivity contribution in [3.8, 4) is 0 Å². The Morgan fingerprint density at radius 1 is 1.14 bits per heavy atom. The van der Waals surface area contributed by atoms with E-state index in [-0.39, 0.29) is 5.56 Å². The first kappa shape index (κ1) is 17.0. The fourth-order valence-corrected chi connectivity index (χ4v) is 4.36. The summed E-state index contributed by atoms with van der Waals surface area (Å²) in [6, 6.07) is 5.63. The van der Waals surface area contributed by atoms with Crippen LogP contribution in [0.2, 0.25) is 0 Å². The van der Waals surface area contributed by atoms with Gasteiger partial charge in [0.15, 0.2) is 0 Å². The van der Waals surface area contributed by atoms with Crippen molar-refractivity contribution < 1.29 is 13.2 Å². The number of hydrogen-bond acceptors (Lipinski definition) is 2. The van der Waals surface area contributed by atoms with Gasteiger partial charge in [0.2, 0.25) is 0 Å². The van der Waals surface area contributed by atoms with Gasteiger partial charge in [-0.15, -0.1) is 11.3 Å². The standard InChI is InChI=1S/C14H12Br2F3NS/c1-7-10(6-12(16)21-7)13(20-2)9-4-3-8(15)5-11(9)14(17,18)19/h3-6,13,20H,1-2H3. The van der Waals surface area contributed by atoms with Crippen LogP contribution < -0.4 is 5.32 Å². The fraction of sp³-hybridized carbons (Fsp3) is 0.286. The Balaban J connectivity index is 2.60. The molecule has 0 aliphatic rings. The van der Waals surface area contributed by atoms with Gasteiger partial charge in [0.05, 0.1) is 15.4 Å². The largest absolute Gasteiger partial charge is 0.416 e. The molecule has 21 heavy (non-hydrogen) atoms. The minimum absolute atomic E-state index is 0.224. The van der Waals surface area contributed by atoms with Crippen LogP contribution in [0.4, 0.5) is 13.2 Å². The third-order valence-corrected chi connectivity index (χ3v) is 5.22. The Bertz CT molecular complexity index is 652. The van der Waals surface area contributed by atoms with Crippen molar-refractivity contribution in [3.63, 3.8) is 0 Å². The summed E-state index contributed by atoms with van der Waals surface area (Å²) in [5.74, 6) is 0. The van der Waals surface area contributed by atoms with Crippen LogP contribution in [0, 0.1) is 6.92 Å². The van der Waals surface area contributed by atoms with Crippen LogP contribution >= 0.6 is 43.2 Å². The molecule has 0 amide bonds. The normalized spacial score (nSPS) is 13.5. The molecule has 114 valence electrons.